The Morgan fingerprint density at radius 2 is 1.80 bits per heavy atom. The average Bonchev–Trinajstić information content (AvgIpc) is 1.78. The van der Waals surface area contributed by atoms with Crippen molar-refractivity contribution in [2.24, 2.45) is 0 Å². The quantitative estimate of drug-likeness (QED) is 0.259. The van der Waals surface area contributed by atoms with Crippen LogP contribution in [0, 0.1) is 0 Å². The van der Waals surface area contributed by atoms with Crippen molar-refractivity contribution in [3.63, 3.8) is 0 Å². The zero-order chi connectivity index (χ0) is 8.04. The Morgan fingerprint density at radius 1 is 1.20 bits per heavy atom. The standard InChI is InChI=1S/C5H13BOS3/c6-7-4-2-1-3-5(8,9)10/h8-10H,1-4,6H2. The molecule has 0 saturated carbocycles. The molecule has 0 unspecified atom stereocenters. The SMILES string of the molecule is BOCCCCC(S)(S)S. The fourth-order valence-corrected chi connectivity index (χ4v) is 1.08. The van der Waals surface area contributed by atoms with Crippen LogP contribution in [-0.2, 0) is 4.65 Å². The first-order valence-corrected chi connectivity index (χ1v) is 4.56. The zero-order valence-electron chi connectivity index (χ0n) is 6.08. The molecule has 0 N–H and O–H groups in total. The Bertz CT molecular complexity index is 83.5. The second-order valence-corrected chi connectivity index (χ2v) is 5.57. The third-order valence-electron chi connectivity index (χ3n) is 1.11. The van der Waals surface area contributed by atoms with Crippen molar-refractivity contribution < 1.29 is 4.65 Å². The maximum atomic E-state index is 4.88. The third-order valence-corrected chi connectivity index (χ3v) is 1.78. The van der Waals surface area contributed by atoms with Crippen LogP contribution in [0.15, 0.2) is 0 Å². The Kier molecular flexibility index (Phi) is 6.30. The van der Waals surface area contributed by atoms with Gasteiger partial charge in [0.25, 0.3) is 8.05 Å². The second kappa shape index (κ2) is 5.69. The molecule has 0 rings (SSSR count). The number of thiol groups is 3. The largest absolute Gasteiger partial charge is 0.444 e. The normalized spacial score (nSPS) is 11.9. The fraction of sp³-hybridized carbons (Fsp3) is 1.00. The predicted molar refractivity (Wildman–Crippen MR) is 58.0 cm³/mol. The van der Waals surface area contributed by atoms with Gasteiger partial charge >= 0.3 is 0 Å². The van der Waals surface area contributed by atoms with Crippen LogP contribution in [0.4, 0.5) is 0 Å². The van der Waals surface area contributed by atoms with E-state index in [0.717, 1.165) is 25.9 Å². The molecule has 0 aromatic heterocycles. The summed E-state index contributed by atoms with van der Waals surface area (Å²) in [7, 11) is 1.70. The summed E-state index contributed by atoms with van der Waals surface area (Å²) in [5.41, 5.74) is 0. The fourth-order valence-electron chi connectivity index (χ4n) is 0.609. The molecule has 60 valence electrons. The molecule has 0 fully saturated rings. The van der Waals surface area contributed by atoms with E-state index in [-0.39, 0.29) is 0 Å². The van der Waals surface area contributed by atoms with Crippen molar-refractivity contribution in [1.29, 1.82) is 0 Å². The summed E-state index contributed by atoms with van der Waals surface area (Å²) in [5, 5.41) is 0. The van der Waals surface area contributed by atoms with Gasteiger partial charge in [0.15, 0.2) is 0 Å². The van der Waals surface area contributed by atoms with Crippen molar-refractivity contribution in [3.05, 3.63) is 0 Å². The van der Waals surface area contributed by atoms with Crippen molar-refractivity contribution in [2.45, 2.75) is 22.7 Å². The summed E-state index contributed by atoms with van der Waals surface area (Å²) >= 11 is 12.4. The minimum Gasteiger partial charge on any atom is -0.444 e. The molecule has 0 aromatic rings. The van der Waals surface area contributed by atoms with Crippen LogP contribution in [0.1, 0.15) is 19.3 Å². The van der Waals surface area contributed by atoms with E-state index >= 15 is 0 Å². The Balaban J connectivity index is 3.04. The zero-order valence-corrected chi connectivity index (χ0v) is 8.76. The van der Waals surface area contributed by atoms with E-state index in [0.29, 0.717) is 0 Å². The maximum absolute atomic E-state index is 4.88. The van der Waals surface area contributed by atoms with Crippen LogP contribution < -0.4 is 0 Å². The molecule has 0 aromatic carbocycles. The van der Waals surface area contributed by atoms with E-state index < -0.39 is 3.41 Å². The highest BCUT2D eigenvalue weighted by Crippen LogP contribution is 2.29. The van der Waals surface area contributed by atoms with Crippen LogP contribution in [0.2, 0.25) is 0 Å². The summed E-state index contributed by atoms with van der Waals surface area (Å²) in [6, 6.07) is 0. The first kappa shape index (κ1) is 11.1. The number of hydrogen-bond donors (Lipinski definition) is 3. The Hall–Kier alpha value is 1.07. The van der Waals surface area contributed by atoms with Gasteiger partial charge in [-0.3, -0.25) is 0 Å². The van der Waals surface area contributed by atoms with Crippen LogP contribution in [0.5, 0.6) is 0 Å². The van der Waals surface area contributed by atoms with Crippen LogP contribution in [-0.4, -0.2) is 18.1 Å². The molecule has 0 spiro atoms. The minimum atomic E-state index is -0.423. The molecule has 0 heterocycles. The first-order valence-electron chi connectivity index (χ1n) is 3.22. The Morgan fingerprint density at radius 3 is 2.20 bits per heavy atom. The Labute approximate surface area is 80.0 Å². The lowest BCUT2D eigenvalue weighted by molar-refractivity contribution is 0.335. The van der Waals surface area contributed by atoms with Crippen molar-refractivity contribution in [1.82, 2.24) is 0 Å². The van der Waals surface area contributed by atoms with Gasteiger partial charge in [0.2, 0.25) is 0 Å². The number of hydrogen-bond acceptors (Lipinski definition) is 4. The molecule has 1 nitrogen and oxygen atoms in total. The van der Waals surface area contributed by atoms with E-state index in [1.807, 2.05) is 0 Å². The highest BCUT2D eigenvalue weighted by atomic mass is 32.2. The van der Waals surface area contributed by atoms with Crippen molar-refractivity contribution in [3.8, 4) is 0 Å². The molecular weight excluding hydrogens is 183 g/mol. The van der Waals surface area contributed by atoms with Gasteiger partial charge in [-0.2, -0.15) is 37.9 Å². The molecule has 5 heteroatoms. The van der Waals surface area contributed by atoms with Gasteiger partial charge in [0, 0.05) is 6.61 Å². The van der Waals surface area contributed by atoms with Gasteiger partial charge in [-0.05, 0) is 19.3 Å². The monoisotopic (exact) mass is 196 g/mol. The summed E-state index contributed by atoms with van der Waals surface area (Å²) in [6.07, 6.45) is 3.01. The molecule has 10 heavy (non-hydrogen) atoms. The highest BCUT2D eigenvalue weighted by molar-refractivity contribution is 8.16. The van der Waals surface area contributed by atoms with Gasteiger partial charge in [-0.25, -0.2) is 0 Å². The van der Waals surface area contributed by atoms with E-state index in [4.69, 9.17) is 4.65 Å². The van der Waals surface area contributed by atoms with Gasteiger partial charge in [0.05, 0.1) is 3.41 Å². The first-order chi connectivity index (χ1) is 4.56. The molecule has 0 saturated heterocycles. The van der Waals surface area contributed by atoms with E-state index in [9.17, 15) is 0 Å². The van der Waals surface area contributed by atoms with E-state index in [1.54, 1.807) is 8.05 Å². The molecule has 0 aliphatic rings. The van der Waals surface area contributed by atoms with Crippen molar-refractivity contribution in [2.75, 3.05) is 6.61 Å². The van der Waals surface area contributed by atoms with Gasteiger partial charge < -0.3 is 4.65 Å². The highest BCUT2D eigenvalue weighted by Gasteiger charge is 2.11. The van der Waals surface area contributed by atoms with Crippen LogP contribution in [0.3, 0.4) is 0 Å². The lowest BCUT2D eigenvalue weighted by atomic mass is 10.2. The second-order valence-electron chi connectivity index (χ2n) is 2.22. The molecule has 0 aliphatic carbocycles. The number of unbranched alkanes of at least 4 members (excludes halogenated alkanes) is 1. The van der Waals surface area contributed by atoms with Gasteiger partial charge in [-0.15, -0.1) is 0 Å². The van der Waals surface area contributed by atoms with E-state index in [1.165, 1.54) is 0 Å². The molecular formula is C5H13BOS3. The molecule has 0 aliphatic heterocycles. The molecule has 0 amide bonds. The average molecular weight is 196 g/mol. The lowest BCUT2D eigenvalue weighted by Crippen LogP contribution is -2.02. The van der Waals surface area contributed by atoms with E-state index in [2.05, 4.69) is 37.9 Å². The van der Waals surface area contributed by atoms with Crippen LogP contribution in [0.25, 0.3) is 0 Å². The lowest BCUT2D eigenvalue weighted by Gasteiger charge is -2.13. The molecule has 0 bridgehead atoms. The molecule has 0 atom stereocenters. The maximum Gasteiger partial charge on any atom is 0.257 e. The van der Waals surface area contributed by atoms with Gasteiger partial charge in [0.1, 0.15) is 0 Å². The third kappa shape index (κ3) is 9.07. The smallest absolute Gasteiger partial charge is 0.257 e. The summed E-state index contributed by atoms with van der Waals surface area (Å²) in [6.45, 7) is 0.811. The summed E-state index contributed by atoms with van der Waals surface area (Å²) in [4.78, 5) is 0. The minimum absolute atomic E-state index is 0.423. The number of rotatable bonds is 5. The summed E-state index contributed by atoms with van der Waals surface area (Å²) < 4.78 is 4.46. The van der Waals surface area contributed by atoms with Crippen LogP contribution >= 0.6 is 37.9 Å². The summed E-state index contributed by atoms with van der Waals surface area (Å²) in [5.74, 6) is 0. The predicted octanol–water partition coefficient (Wildman–Crippen LogP) is 1.16. The topological polar surface area (TPSA) is 9.23 Å². The van der Waals surface area contributed by atoms with Crippen molar-refractivity contribution >= 4 is 45.9 Å². The van der Waals surface area contributed by atoms with Gasteiger partial charge in [-0.1, -0.05) is 0 Å². The molecule has 0 radical (unpaired) electrons.